The zero-order valence-corrected chi connectivity index (χ0v) is 13.3. The highest BCUT2D eigenvalue weighted by Gasteiger charge is 2.21. The molecule has 0 aliphatic heterocycles. The van der Waals surface area contributed by atoms with E-state index in [2.05, 4.69) is 36.6 Å². The van der Waals surface area contributed by atoms with E-state index in [4.69, 9.17) is 5.26 Å². The third kappa shape index (κ3) is 4.56. The summed E-state index contributed by atoms with van der Waals surface area (Å²) in [6.07, 6.45) is 11.1. The van der Waals surface area contributed by atoms with Crippen molar-refractivity contribution in [2.24, 2.45) is 5.92 Å². The summed E-state index contributed by atoms with van der Waals surface area (Å²) in [5.74, 6) is 1.73. The van der Waals surface area contributed by atoms with Crippen LogP contribution in [0.25, 0.3) is 0 Å². The number of nitrogens with zero attached hydrogens (tertiary/aromatic N) is 1. The first-order valence-corrected chi connectivity index (χ1v) is 8.81. The van der Waals surface area contributed by atoms with E-state index >= 15 is 0 Å². The third-order valence-electron chi connectivity index (χ3n) is 4.58. The van der Waals surface area contributed by atoms with Gasteiger partial charge in [0.05, 0.1) is 0 Å². The molecule has 0 radical (unpaired) electrons. The average molecular weight is 287 g/mol. The summed E-state index contributed by atoms with van der Waals surface area (Å²) >= 11 is 1.25. The predicted molar refractivity (Wildman–Crippen MR) is 86.8 cm³/mol. The molecule has 2 rings (SSSR count). The summed E-state index contributed by atoms with van der Waals surface area (Å²) in [7, 11) is 0. The number of hydrogen-bond acceptors (Lipinski definition) is 2. The molecule has 2 heteroatoms. The minimum Gasteiger partial charge on any atom is -0.185 e. The van der Waals surface area contributed by atoms with Crippen LogP contribution in [-0.4, -0.2) is 0 Å². The zero-order valence-electron chi connectivity index (χ0n) is 12.5. The number of rotatable bonds is 6. The second-order valence-corrected chi connectivity index (χ2v) is 6.83. The van der Waals surface area contributed by atoms with E-state index in [0.717, 1.165) is 16.7 Å². The molecule has 0 bridgehead atoms. The third-order valence-corrected chi connectivity index (χ3v) is 5.18. The Labute approximate surface area is 127 Å². The highest BCUT2D eigenvalue weighted by atomic mass is 32.2. The van der Waals surface area contributed by atoms with Crippen molar-refractivity contribution in [1.29, 1.82) is 5.26 Å². The van der Waals surface area contributed by atoms with Gasteiger partial charge in [0.15, 0.2) is 0 Å². The van der Waals surface area contributed by atoms with Crippen LogP contribution in [0.1, 0.15) is 69.8 Å². The van der Waals surface area contributed by atoms with Gasteiger partial charge in [-0.3, -0.25) is 0 Å². The molecule has 1 saturated carbocycles. The van der Waals surface area contributed by atoms with E-state index in [1.807, 2.05) is 0 Å². The van der Waals surface area contributed by atoms with Crippen molar-refractivity contribution in [2.45, 2.75) is 69.1 Å². The molecule has 0 amide bonds. The van der Waals surface area contributed by atoms with Crippen molar-refractivity contribution in [3.05, 3.63) is 29.8 Å². The number of nitriles is 1. The molecule has 1 aliphatic carbocycles. The van der Waals surface area contributed by atoms with Crippen LogP contribution < -0.4 is 0 Å². The average Bonchev–Trinajstić information content (AvgIpc) is 2.49. The lowest BCUT2D eigenvalue weighted by Crippen LogP contribution is -2.13. The standard InChI is InChI=1S/C18H25NS/c1-2-3-4-5-15-6-8-16(9-7-15)17-10-12-18(13-11-17)20-14-19/h10-13,15-16H,2-9H2,1H3. The highest BCUT2D eigenvalue weighted by molar-refractivity contribution is 8.03. The first-order valence-electron chi connectivity index (χ1n) is 7.99. The van der Waals surface area contributed by atoms with Crippen LogP contribution in [0.5, 0.6) is 0 Å². The molecule has 0 unspecified atom stereocenters. The minimum atomic E-state index is 0.749. The van der Waals surface area contributed by atoms with E-state index in [9.17, 15) is 0 Å². The predicted octanol–water partition coefficient (Wildman–Crippen LogP) is 6.11. The molecule has 0 spiro atoms. The number of benzene rings is 1. The first-order chi connectivity index (χ1) is 9.83. The molecular weight excluding hydrogens is 262 g/mol. The van der Waals surface area contributed by atoms with Crippen molar-refractivity contribution < 1.29 is 0 Å². The number of thiocyanates is 1. The molecule has 1 nitrogen and oxygen atoms in total. The van der Waals surface area contributed by atoms with Crippen LogP contribution >= 0.6 is 11.8 Å². The van der Waals surface area contributed by atoms with Gasteiger partial charge in [-0.2, -0.15) is 5.26 Å². The molecule has 20 heavy (non-hydrogen) atoms. The van der Waals surface area contributed by atoms with Gasteiger partial charge in [0.25, 0.3) is 0 Å². The Bertz CT molecular complexity index is 424. The Morgan fingerprint density at radius 3 is 2.40 bits per heavy atom. The van der Waals surface area contributed by atoms with E-state index in [-0.39, 0.29) is 0 Å². The summed E-state index contributed by atoms with van der Waals surface area (Å²) in [5, 5.41) is 10.8. The minimum absolute atomic E-state index is 0.749. The van der Waals surface area contributed by atoms with Gasteiger partial charge in [-0.15, -0.1) is 0 Å². The zero-order chi connectivity index (χ0) is 14.2. The van der Waals surface area contributed by atoms with Gasteiger partial charge in [-0.25, -0.2) is 0 Å². The summed E-state index contributed by atoms with van der Waals surface area (Å²) in [5.41, 5.74) is 1.47. The quantitative estimate of drug-likeness (QED) is 0.358. The molecule has 0 atom stereocenters. The van der Waals surface area contributed by atoms with E-state index in [0.29, 0.717) is 0 Å². The van der Waals surface area contributed by atoms with Crippen LogP contribution in [-0.2, 0) is 0 Å². The number of unbranched alkanes of at least 4 members (excludes halogenated alkanes) is 2. The monoisotopic (exact) mass is 287 g/mol. The smallest absolute Gasteiger partial charge is 0.138 e. The Kier molecular flexibility index (Phi) is 6.47. The molecule has 1 fully saturated rings. The molecular formula is C18H25NS. The summed E-state index contributed by atoms with van der Waals surface area (Å²) in [6, 6.07) is 8.64. The van der Waals surface area contributed by atoms with Gasteiger partial charge in [0, 0.05) is 4.90 Å². The van der Waals surface area contributed by atoms with Crippen molar-refractivity contribution >= 4 is 11.8 Å². The second kappa shape index (κ2) is 8.37. The van der Waals surface area contributed by atoms with Gasteiger partial charge in [-0.1, -0.05) is 44.7 Å². The van der Waals surface area contributed by atoms with Crippen LogP contribution in [0.3, 0.4) is 0 Å². The SMILES string of the molecule is CCCCCC1CCC(c2ccc(SC#N)cc2)CC1. The number of hydrogen-bond donors (Lipinski definition) is 0. The van der Waals surface area contributed by atoms with Crippen molar-refractivity contribution in [1.82, 2.24) is 0 Å². The fraction of sp³-hybridized carbons (Fsp3) is 0.611. The van der Waals surface area contributed by atoms with Gasteiger partial charge < -0.3 is 0 Å². The Morgan fingerprint density at radius 1 is 1.10 bits per heavy atom. The van der Waals surface area contributed by atoms with Crippen LogP contribution in [0.4, 0.5) is 0 Å². The fourth-order valence-corrected chi connectivity index (χ4v) is 3.71. The van der Waals surface area contributed by atoms with Crippen molar-refractivity contribution in [3.63, 3.8) is 0 Å². The second-order valence-electron chi connectivity index (χ2n) is 5.98. The van der Waals surface area contributed by atoms with Crippen LogP contribution in [0.2, 0.25) is 0 Å². The Morgan fingerprint density at radius 2 is 1.80 bits per heavy atom. The summed E-state index contributed by atoms with van der Waals surface area (Å²) in [6.45, 7) is 2.28. The molecule has 0 heterocycles. The topological polar surface area (TPSA) is 23.8 Å². The lowest BCUT2D eigenvalue weighted by atomic mass is 9.77. The lowest BCUT2D eigenvalue weighted by Gasteiger charge is -2.29. The van der Waals surface area contributed by atoms with E-state index in [1.165, 1.54) is 68.7 Å². The molecule has 0 aromatic heterocycles. The molecule has 1 aromatic carbocycles. The molecule has 0 saturated heterocycles. The number of thioether (sulfide) groups is 1. The largest absolute Gasteiger partial charge is 0.185 e. The molecule has 108 valence electrons. The fourth-order valence-electron chi connectivity index (χ4n) is 3.33. The maximum atomic E-state index is 8.67. The Hall–Kier alpha value is -0.940. The van der Waals surface area contributed by atoms with Gasteiger partial charge in [-0.05, 0) is 67.0 Å². The van der Waals surface area contributed by atoms with Crippen molar-refractivity contribution in [3.8, 4) is 5.40 Å². The van der Waals surface area contributed by atoms with Crippen LogP contribution in [0.15, 0.2) is 29.2 Å². The van der Waals surface area contributed by atoms with Crippen molar-refractivity contribution in [2.75, 3.05) is 0 Å². The van der Waals surface area contributed by atoms with Gasteiger partial charge >= 0.3 is 0 Å². The Balaban J connectivity index is 1.79. The van der Waals surface area contributed by atoms with Crippen LogP contribution in [0, 0.1) is 16.6 Å². The highest BCUT2D eigenvalue weighted by Crippen LogP contribution is 2.38. The summed E-state index contributed by atoms with van der Waals surface area (Å²) < 4.78 is 0. The molecule has 1 aliphatic rings. The molecule has 0 N–H and O–H groups in total. The maximum Gasteiger partial charge on any atom is 0.138 e. The maximum absolute atomic E-state index is 8.67. The first kappa shape index (κ1) is 15.4. The lowest BCUT2D eigenvalue weighted by molar-refractivity contribution is 0.303. The molecule has 1 aromatic rings. The van der Waals surface area contributed by atoms with E-state index < -0.39 is 0 Å². The van der Waals surface area contributed by atoms with Gasteiger partial charge in [0.1, 0.15) is 5.40 Å². The van der Waals surface area contributed by atoms with E-state index in [1.54, 1.807) is 0 Å². The van der Waals surface area contributed by atoms with Gasteiger partial charge in [0.2, 0.25) is 0 Å². The normalized spacial score (nSPS) is 22.4. The summed E-state index contributed by atoms with van der Waals surface area (Å²) in [4.78, 5) is 1.06.